The Balaban J connectivity index is 1.80. The Labute approximate surface area is 191 Å². The summed E-state index contributed by atoms with van der Waals surface area (Å²) in [7, 11) is 0. The molecule has 0 bridgehead atoms. The van der Waals surface area contributed by atoms with E-state index in [4.69, 9.17) is 0 Å². The van der Waals surface area contributed by atoms with Gasteiger partial charge in [-0.15, -0.1) is 17.9 Å². The molecule has 0 aliphatic heterocycles. The minimum absolute atomic E-state index is 0.0541. The number of carbonyl (C=O) groups excluding carboxylic acids is 3. The van der Waals surface area contributed by atoms with Crippen LogP contribution in [0.15, 0.2) is 54.4 Å². The molecule has 3 rings (SSSR count). The first-order valence-corrected chi connectivity index (χ1v) is 11.7. The van der Waals surface area contributed by atoms with Crippen molar-refractivity contribution < 1.29 is 18.8 Å². The molecule has 1 aliphatic rings. The molecule has 1 aliphatic carbocycles. The highest BCUT2D eigenvalue weighted by Crippen LogP contribution is 2.24. The third-order valence-corrected chi connectivity index (χ3v) is 6.36. The summed E-state index contributed by atoms with van der Waals surface area (Å²) >= 11 is 1.28. The number of hydrogen-bond donors (Lipinski definition) is 2. The van der Waals surface area contributed by atoms with Crippen molar-refractivity contribution in [3.05, 3.63) is 70.7 Å². The maximum atomic E-state index is 13.5. The molecule has 3 amide bonds. The predicted molar refractivity (Wildman–Crippen MR) is 123 cm³/mol. The molecule has 6 nitrogen and oxygen atoms in total. The smallest absolute Gasteiger partial charge is 0.261 e. The molecule has 1 aromatic heterocycles. The molecule has 0 spiro atoms. The summed E-state index contributed by atoms with van der Waals surface area (Å²) in [5.74, 6) is -1.52. The molecule has 1 atom stereocenters. The van der Waals surface area contributed by atoms with Gasteiger partial charge in [0.05, 0.1) is 11.4 Å². The van der Waals surface area contributed by atoms with Gasteiger partial charge in [-0.05, 0) is 42.0 Å². The highest BCUT2D eigenvalue weighted by Gasteiger charge is 2.32. The molecule has 170 valence electrons. The molecule has 1 heterocycles. The van der Waals surface area contributed by atoms with Crippen LogP contribution in [0.3, 0.4) is 0 Å². The summed E-state index contributed by atoms with van der Waals surface area (Å²) in [6.07, 6.45) is 6.58. The molecule has 1 saturated carbocycles. The lowest BCUT2D eigenvalue weighted by Gasteiger charge is -2.33. The first kappa shape index (κ1) is 23.7. The Hall–Kier alpha value is -3.00. The maximum Gasteiger partial charge on any atom is 0.261 e. The van der Waals surface area contributed by atoms with Crippen LogP contribution < -0.4 is 10.6 Å². The fourth-order valence-corrected chi connectivity index (χ4v) is 4.53. The van der Waals surface area contributed by atoms with Gasteiger partial charge in [-0.1, -0.05) is 43.5 Å². The van der Waals surface area contributed by atoms with Crippen molar-refractivity contribution >= 4 is 29.1 Å². The van der Waals surface area contributed by atoms with Crippen LogP contribution in [0.2, 0.25) is 0 Å². The highest BCUT2D eigenvalue weighted by molar-refractivity contribution is 7.12. The van der Waals surface area contributed by atoms with Crippen LogP contribution in [0.4, 0.5) is 4.39 Å². The average molecular weight is 458 g/mol. The van der Waals surface area contributed by atoms with E-state index in [1.807, 2.05) is 0 Å². The summed E-state index contributed by atoms with van der Waals surface area (Å²) in [5.41, 5.74) is 0.500. The van der Waals surface area contributed by atoms with E-state index in [9.17, 15) is 18.8 Å². The van der Waals surface area contributed by atoms with E-state index in [0.717, 1.165) is 32.1 Å². The van der Waals surface area contributed by atoms with Crippen LogP contribution in [0, 0.1) is 5.82 Å². The van der Waals surface area contributed by atoms with Gasteiger partial charge in [-0.2, -0.15) is 0 Å². The van der Waals surface area contributed by atoms with E-state index >= 15 is 0 Å². The fourth-order valence-electron chi connectivity index (χ4n) is 3.89. The van der Waals surface area contributed by atoms with Gasteiger partial charge < -0.3 is 15.5 Å². The summed E-state index contributed by atoms with van der Waals surface area (Å²) in [4.78, 5) is 40.5. The molecular weight excluding hydrogens is 429 g/mol. The van der Waals surface area contributed by atoms with Gasteiger partial charge in [0.1, 0.15) is 11.9 Å². The molecule has 1 fully saturated rings. The van der Waals surface area contributed by atoms with E-state index in [0.29, 0.717) is 10.4 Å². The number of hydrogen-bond acceptors (Lipinski definition) is 4. The number of rotatable bonds is 9. The van der Waals surface area contributed by atoms with Gasteiger partial charge in [0.15, 0.2) is 0 Å². The fraction of sp³-hybridized carbons (Fsp3) is 0.375. The molecule has 0 saturated heterocycles. The lowest BCUT2D eigenvalue weighted by atomic mass is 9.94. The number of benzene rings is 1. The molecular formula is C24H28FN3O3S. The molecule has 1 aromatic carbocycles. The minimum atomic E-state index is -0.957. The Bertz CT molecular complexity index is 924. The summed E-state index contributed by atoms with van der Waals surface area (Å²) in [6.45, 7) is 3.55. The number of amides is 3. The van der Waals surface area contributed by atoms with E-state index in [2.05, 4.69) is 17.2 Å². The third-order valence-electron chi connectivity index (χ3n) is 5.49. The van der Waals surface area contributed by atoms with Crippen LogP contribution in [-0.4, -0.2) is 41.8 Å². The number of nitrogens with one attached hydrogen (secondary N) is 2. The predicted octanol–water partition coefficient (Wildman–Crippen LogP) is 3.82. The van der Waals surface area contributed by atoms with E-state index in [-0.39, 0.29) is 30.9 Å². The lowest BCUT2D eigenvalue weighted by Crippen LogP contribution is -2.49. The molecule has 2 aromatic rings. The van der Waals surface area contributed by atoms with Gasteiger partial charge in [-0.25, -0.2) is 4.39 Å². The van der Waals surface area contributed by atoms with E-state index < -0.39 is 17.8 Å². The summed E-state index contributed by atoms with van der Waals surface area (Å²) in [5, 5.41) is 7.46. The summed E-state index contributed by atoms with van der Waals surface area (Å²) < 4.78 is 13.5. The molecule has 32 heavy (non-hydrogen) atoms. The monoisotopic (exact) mass is 457 g/mol. The van der Waals surface area contributed by atoms with E-state index in [1.54, 1.807) is 17.5 Å². The van der Waals surface area contributed by atoms with Crippen molar-refractivity contribution in [3.63, 3.8) is 0 Å². The zero-order chi connectivity index (χ0) is 22.9. The molecule has 0 radical (unpaired) electrons. The average Bonchev–Trinajstić information content (AvgIpc) is 3.34. The minimum Gasteiger partial charge on any atom is -0.351 e. The van der Waals surface area contributed by atoms with Gasteiger partial charge in [0.25, 0.3) is 5.91 Å². The van der Waals surface area contributed by atoms with E-state index in [1.165, 1.54) is 46.6 Å². The van der Waals surface area contributed by atoms with Gasteiger partial charge in [0.2, 0.25) is 11.8 Å². The summed E-state index contributed by atoms with van der Waals surface area (Å²) in [6, 6.07) is 8.08. The Morgan fingerprint density at radius 2 is 1.88 bits per heavy atom. The standard InChI is InChI=1S/C24H28FN3O3S/c1-2-14-28(21(29)16-26-23(30)20-9-6-15-32-20)22(17-10-12-18(25)13-11-17)24(31)27-19-7-4-3-5-8-19/h2,6,9-13,15,19,22H,1,3-5,7-8,14,16H2,(H,26,30)(H,27,31)/t22-/m0/s1. The quantitative estimate of drug-likeness (QED) is 0.562. The normalized spacial score (nSPS) is 14.9. The van der Waals surface area contributed by atoms with Gasteiger partial charge in [-0.3, -0.25) is 14.4 Å². The Morgan fingerprint density at radius 3 is 2.50 bits per heavy atom. The Kier molecular flexibility index (Phi) is 8.56. The van der Waals surface area contributed by atoms with Crippen molar-refractivity contribution in [2.75, 3.05) is 13.1 Å². The molecule has 2 N–H and O–H groups in total. The second-order valence-corrected chi connectivity index (χ2v) is 8.74. The zero-order valence-corrected chi connectivity index (χ0v) is 18.7. The van der Waals surface area contributed by atoms with Gasteiger partial charge in [0, 0.05) is 12.6 Å². The third kappa shape index (κ3) is 6.26. The van der Waals surface area contributed by atoms with Crippen LogP contribution in [0.25, 0.3) is 0 Å². The van der Waals surface area contributed by atoms with Gasteiger partial charge >= 0.3 is 0 Å². The van der Waals surface area contributed by atoms with Crippen molar-refractivity contribution in [2.45, 2.75) is 44.2 Å². The number of halogens is 1. The Morgan fingerprint density at radius 1 is 1.16 bits per heavy atom. The highest BCUT2D eigenvalue weighted by atomic mass is 32.1. The largest absolute Gasteiger partial charge is 0.351 e. The molecule has 8 heteroatoms. The second-order valence-electron chi connectivity index (χ2n) is 7.79. The van der Waals surface area contributed by atoms with Crippen LogP contribution in [0.5, 0.6) is 0 Å². The number of carbonyl (C=O) groups is 3. The van der Waals surface area contributed by atoms with Crippen molar-refractivity contribution in [3.8, 4) is 0 Å². The SMILES string of the molecule is C=CCN(C(=O)CNC(=O)c1cccs1)[C@H](C(=O)NC1CCCCC1)c1ccc(F)cc1. The number of nitrogens with zero attached hydrogens (tertiary/aromatic N) is 1. The maximum absolute atomic E-state index is 13.5. The molecule has 0 unspecified atom stereocenters. The first-order chi connectivity index (χ1) is 15.5. The van der Waals surface area contributed by atoms with Crippen molar-refractivity contribution in [1.29, 1.82) is 0 Å². The number of thiophene rings is 1. The van der Waals surface area contributed by atoms with Crippen LogP contribution >= 0.6 is 11.3 Å². The zero-order valence-electron chi connectivity index (χ0n) is 17.9. The van der Waals surface area contributed by atoms with Crippen LogP contribution in [0.1, 0.15) is 53.4 Å². The lowest BCUT2D eigenvalue weighted by molar-refractivity contribution is -0.139. The second kappa shape index (κ2) is 11.6. The van der Waals surface area contributed by atoms with Crippen molar-refractivity contribution in [2.24, 2.45) is 0 Å². The topological polar surface area (TPSA) is 78.5 Å². The first-order valence-electron chi connectivity index (χ1n) is 10.8. The van der Waals surface area contributed by atoms with Crippen molar-refractivity contribution in [1.82, 2.24) is 15.5 Å². The van der Waals surface area contributed by atoms with Crippen LogP contribution in [-0.2, 0) is 9.59 Å².